The van der Waals surface area contributed by atoms with E-state index in [0.717, 1.165) is 23.3 Å². The van der Waals surface area contributed by atoms with Gasteiger partial charge in [-0.05, 0) is 96.9 Å². The zero-order chi connectivity index (χ0) is 46.2. The Kier molecular flexibility index (Phi) is 13.1. The van der Waals surface area contributed by atoms with E-state index < -0.39 is 82.6 Å². The monoisotopic (exact) mass is 877 g/mol. The average molecular weight is 878 g/mol. The molecule has 0 aromatic heterocycles. The molecule has 3 aliphatic rings. The van der Waals surface area contributed by atoms with Crippen LogP contribution in [0.5, 0.6) is 0 Å². The summed E-state index contributed by atoms with van der Waals surface area (Å²) in [6, 6.07) is 15.9. The SMILES string of the molecule is CC(C)[C@H](NC(=O)O)C(=O)N1CCC[C@@]1(C(N)=O)c1ccc([C@@H]2CC[C@@H](c3ccc([C@]4(C(N)=O)CCCN4C(=O)[C@@H](NC(=O)O)C(C)C)cc3)N2c2ccc(C(F)(F)F)cc2)cc1. The highest BCUT2D eigenvalue weighted by Gasteiger charge is 2.53. The average Bonchev–Trinajstić information content (AvgIpc) is 4.00. The number of halogens is 3. The van der Waals surface area contributed by atoms with Crippen LogP contribution in [-0.4, -0.2) is 81.0 Å². The fourth-order valence-electron chi connectivity index (χ4n) is 9.87. The van der Waals surface area contributed by atoms with Crippen LogP contribution in [-0.2, 0) is 36.4 Å². The molecular weight excluding hydrogens is 824 g/mol. The molecule has 338 valence electrons. The number of carbonyl (C=O) groups is 6. The minimum absolute atomic E-state index is 0.175. The van der Waals surface area contributed by atoms with Crippen molar-refractivity contribution in [3.8, 4) is 0 Å². The zero-order valence-corrected chi connectivity index (χ0v) is 35.5. The second kappa shape index (κ2) is 17.8. The van der Waals surface area contributed by atoms with Gasteiger partial charge < -0.3 is 47.0 Å². The molecule has 3 heterocycles. The van der Waals surface area contributed by atoms with E-state index >= 15 is 0 Å². The van der Waals surface area contributed by atoms with Crippen LogP contribution < -0.4 is 27.0 Å². The number of amides is 6. The number of hydrogen-bond acceptors (Lipinski definition) is 7. The van der Waals surface area contributed by atoms with Crippen LogP contribution in [0.3, 0.4) is 0 Å². The number of rotatable bonds is 13. The second-order valence-corrected chi connectivity index (χ2v) is 17.3. The van der Waals surface area contributed by atoms with E-state index in [1.54, 1.807) is 76.2 Å². The summed E-state index contributed by atoms with van der Waals surface area (Å²) in [7, 11) is 0. The number of benzene rings is 3. The Morgan fingerprint density at radius 3 is 1.30 bits per heavy atom. The summed E-state index contributed by atoms with van der Waals surface area (Å²) >= 11 is 0. The third-order valence-electron chi connectivity index (χ3n) is 13.0. The van der Waals surface area contributed by atoms with E-state index in [0.29, 0.717) is 42.5 Å². The molecule has 3 aromatic rings. The molecule has 0 radical (unpaired) electrons. The quantitative estimate of drug-likeness (QED) is 0.119. The normalized spacial score (nSPS) is 23.5. The van der Waals surface area contributed by atoms with Crippen molar-refractivity contribution in [1.29, 1.82) is 0 Å². The van der Waals surface area contributed by atoms with E-state index in [1.807, 2.05) is 4.90 Å². The number of carboxylic acid groups (broad SMARTS) is 2. The molecule has 18 heteroatoms. The molecular formula is C45H54F3N7O8. The maximum atomic E-state index is 13.9. The number of nitrogens with one attached hydrogen (secondary N) is 2. The van der Waals surface area contributed by atoms with E-state index in [-0.39, 0.29) is 38.0 Å². The lowest BCUT2D eigenvalue weighted by atomic mass is 9.84. The van der Waals surface area contributed by atoms with Gasteiger partial charge in [-0.25, -0.2) is 9.59 Å². The molecule has 0 unspecified atom stereocenters. The standard InChI is InChI=1S/C45H54F3N7O8/c1-25(2)35(51-41(60)61)37(56)53-23-5-21-43(53,39(49)58)29-11-7-27(8-12-29)33-19-20-34(55(33)32-17-15-31(16-18-32)45(46,47)48)28-9-13-30(14-10-28)44(40(50)59)22-6-24-54(44)38(57)36(26(3)4)52-42(62)63/h7-18,25-26,33-36,51-52H,5-6,19-24H2,1-4H3,(H2,49,58)(H2,50,59)(H,60,61)(H,62,63)/t33-,34-,35-,36-,43-,44-/m0/s1. The fraction of sp³-hybridized carbons (Fsp3) is 0.467. The van der Waals surface area contributed by atoms with Crippen molar-refractivity contribution < 1.29 is 52.2 Å². The van der Waals surface area contributed by atoms with Gasteiger partial charge in [0.25, 0.3) is 0 Å². The number of nitrogens with zero attached hydrogens (tertiary/aromatic N) is 3. The first kappa shape index (κ1) is 46.2. The van der Waals surface area contributed by atoms with Crippen molar-refractivity contribution in [2.75, 3.05) is 18.0 Å². The number of carbonyl (C=O) groups excluding carboxylic acids is 4. The topological polar surface area (TPSA) is 229 Å². The fourth-order valence-corrected chi connectivity index (χ4v) is 9.87. The summed E-state index contributed by atoms with van der Waals surface area (Å²) in [5, 5.41) is 23.5. The Morgan fingerprint density at radius 1 is 0.635 bits per heavy atom. The van der Waals surface area contributed by atoms with Gasteiger partial charge in [0.2, 0.25) is 23.6 Å². The first-order valence-electron chi connectivity index (χ1n) is 21.0. The molecule has 0 spiro atoms. The minimum Gasteiger partial charge on any atom is -0.465 e. The smallest absolute Gasteiger partial charge is 0.416 e. The van der Waals surface area contributed by atoms with Crippen molar-refractivity contribution in [1.82, 2.24) is 20.4 Å². The number of hydrogen-bond donors (Lipinski definition) is 6. The summed E-state index contributed by atoms with van der Waals surface area (Å²) in [5.41, 5.74) is 11.1. The minimum atomic E-state index is -4.57. The number of nitrogens with two attached hydrogens (primary N) is 2. The molecule has 3 aromatic carbocycles. The van der Waals surface area contributed by atoms with Crippen LogP contribution in [0.15, 0.2) is 72.8 Å². The lowest BCUT2D eigenvalue weighted by molar-refractivity contribution is -0.146. The molecule has 6 atom stereocenters. The highest BCUT2D eigenvalue weighted by atomic mass is 19.4. The molecule has 8 N–H and O–H groups in total. The molecule has 0 aliphatic carbocycles. The van der Waals surface area contributed by atoms with E-state index in [1.165, 1.54) is 21.9 Å². The molecule has 6 amide bonds. The third kappa shape index (κ3) is 8.58. The molecule has 15 nitrogen and oxygen atoms in total. The summed E-state index contributed by atoms with van der Waals surface area (Å²) in [5.74, 6) is -3.55. The van der Waals surface area contributed by atoms with Gasteiger partial charge in [-0.15, -0.1) is 0 Å². The van der Waals surface area contributed by atoms with E-state index in [9.17, 15) is 52.2 Å². The highest BCUT2D eigenvalue weighted by Crippen LogP contribution is 2.49. The molecule has 3 aliphatic heterocycles. The van der Waals surface area contributed by atoms with Gasteiger partial charge in [0.05, 0.1) is 17.6 Å². The first-order valence-corrected chi connectivity index (χ1v) is 21.0. The summed E-state index contributed by atoms with van der Waals surface area (Å²) in [4.78, 5) is 82.4. The molecule has 3 fully saturated rings. The van der Waals surface area contributed by atoms with Gasteiger partial charge >= 0.3 is 18.4 Å². The van der Waals surface area contributed by atoms with Crippen molar-refractivity contribution in [3.05, 3.63) is 101 Å². The number of likely N-dealkylation sites (tertiary alicyclic amines) is 2. The molecule has 3 saturated heterocycles. The van der Waals surface area contributed by atoms with Gasteiger partial charge in [-0.2, -0.15) is 13.2 Å². The Morgan fingerprint density at radius 2 is 1.00 bits per heavy atom. The summed E-state index contributed by atoms with van der Waals surface area (Å²) < 4.78 is 41.2. The van der Waals surface area contributed by atoms with Gasteiger partial charge in [0, 0.05) is 18.8 Å². The van der Waals surface area contributed by atoms with Crippen LogP contribution in [0, 0.1) is 11.8 Å². The molecule has 63 heavy (non-hydrogen) atoms. The summed E-state index contributed by atoms with van der Waals surface area (Å²) in [6.07, 6.45) is -4.92. The van der Waals surface area contributed by atoms with E-state index in [2.05, 4.69) is 10.6 Å². The molecule has 0 bridgehead atoms. The van der Waals surface area contributed by atoms with Crippen molar-refractivity contribution in [2.45, 2.75) is 108 Å². The Bertz CT molecular complexity index is 2090. The largest absolute Gasteiger partial charge is 0.465 e. The molecule has 6 rings (SSSR count). The number of primary amides is 2. The maximum Gasteiger partial charge on any atom is 0.416 e. The summed E-state index contributed by atoms with van der Waals surface area (Å²) in [6.45, 7) is 7.12. The lowest BCUT2D eigenvalue weighted by Crippen LogP contribution is -2.59. The second-order valence-electron chi connectivity index (χ2n) is 17.3. The van der Waals surface area contributed by atoms with Crippen molar-refractivity contribution >= 4 is 41.5 Å². The van der Waals surface area contributed by atoms with Crippen molar-refractivity contribution in [2.24, 2.45) is 23.3 Å². The van der Waals surface area contributed by atoms with Crippen LogP contribution in [0.25, 0.3) is 0 Å². The Balaban J connectivity index is 1.36. The Labute approximate surface area is 362 Å². The van der Waals surface area contributed by atoms with Crippen LogP contribution in [0.1, 0.15) is 106 Å². The zero-order valence-electron chi connectivity index (χ0n) is 35.5. The van der Waals surface area contributed by atoms with Crippen LogP contribution >= 0.6 is 0 Å². The third-order valence-corrected chi connectivity index (χ3v) is 13.0. The number of alkyl halides is 3. The van der Waals surface area contributed by atoms with Gasteiger partial charge in [-0.3, -0.25) is 19.2 Å². The van der Waals surface area contributed by atoms with Gasteiger partial charge in [0.15, 0.2) is 0 Å². The predicted octanol–water partition coefficient (Wildman–Crippen LogP) is 5.98. The van der Waals surface area contributed by atoms with Gasteiger partial charge in [-0.1, -0.05) is 76.2 Å². The van der Waals surface area contributed by atoms with E-state index in [4.69, 9.17) is 11.5 Å². The first-order chi connectivity index (χ1) is 29.6. The van der Waals surface area contributed by atoms with Crippen LogP contribution in [0.2, 0.25) is 0 Å². The van der Waals surface area contributed by atoms with Crippen molar-refractivity contribution in [3.63, 3.8) is 0 Å². The van der Waals surface area contributed by atoms with Crippen LogP contribution in [0.4, 0.5) is 28.4 Å². The molecule has 0 saturated carbocycles. The lowest BCUT2D eigenvalue weighted by Gasteiger charge is -2.39. The highest BCUT2D eigenvalue weighted by molar-refractivity contribution is 5.96. The van der Waals surface area contributed by atoms with Gasteiger partial charge in [0.1, 0.15) is 23.2 Å². The maximum absolute atomic E-state index is 13.9. The number of anilines is 1. The Hall–Kier alpha value is -6.33. The predicted molar refractivity (Wildman–Crippen MR) is 225 cm³/mol.